The van der Waals surface area contributed by atoms with Gasteiger partial charge in [0.2, 0.25) is 11.8 Å². The number of benzene rings is 2. The third kappa shape index (κ3) is 4.25. The maximum atomic E-state index is 13.0. The van der Waals surface area contributed by atoms with Crippen LogP contribution in [0.25, 0.3) is 0 Å². The SMILES string of the molecule is C/C=C\C(=O)Nc1cccc(C2=NOC3(C2)C[C@@H](C(N)=O)N(C(=O)c2ccccc2)C3)c1. The Balaban J connectivity index is 1.52. The van der Waals surface area contributed by atoms with Crippen LogP contribution in [0.1, 0.15) is 35.7 Å². The zero-order valence-electron chi connectivity index (χ0n) is 17.7. The zero-order chi connectivity index (χ0) is 22.7. The Morgan fingerprint density at radius 3 is 2.69 bits per heavy atom. The van der Waals surface area contributed by atoms with E-state index in [2.05, 4.69) is 10.5 Å². The predicted molar refractivity (Wildman–Crippen MR) is 120 cm³/mol. The molecule has 8 nitrogen and oxygen atoms in total. The van der Waals surface area contributed by atoms with Gasteiger partial charge < -0.3 is 20.8 Å². The number of hydrogen-bond donors (Lipinski definition) is 2. The number of amides is 3. The normalized spacial score (nSPS) is 22.1. The van der Waals surface area contributed by atoms with E-state index >= 15 is 0 Å². The van der Waals surface area contributed by atoms with Crippen LogP contribution in [-0.4, -0.2) is 46.5 Å². The van der Waals surface area contributed by atoms with Crippen LogP contribution >= 0.6 is 0 Å². The molecule has 2 atom stereocenters. The summed E-state index contributed by atoms with van der Waals surface area (Å²) in [5.74, 6) is -1.06. The topological polar surface area (TPSA) is 114 Å². The van der Waals surface area contributed by atoms with Gasteiger partial charge in [0.25, 0.3) is 5.91 Å². The highest BCUT2D eigenvalue weighted by Gasteiger charge is 2.53. The number of anilines is 1. The maximum absolute atomic E-state index is 13.0. The van der Waals surface area contributed by atoms with Crippen LogP contribution in [0.15, 0.2) is 71.9 Å². The van der Waals surface area contributed by atoms with Gasteiger partial charge in [-0.15, -0.1) is 0 Å². The van der Waals surface area contributed by atoms with Crippen molar-refractivity contribution in [2.75, 3.05) is 11.9 Å². The summed E-state index contributed by atoms with van der Waals surface area (Å²) in [6, 6.07) is 15.3. The minimum atomic E-state index is -0.816. The summed E-state index contributed by atoms with van der Waals surface area (Å²) in [6.45, 7) is 1.98. The molecule has 0 radical (unpaired) electrons. The van der Waals surface area contributed by atoms with E-state index in [1.54, 1.807) is 43.3 Å². The number of primary amides is 1. The third-order valence-corrected chi connectivity index (χ3v) is 5.63. The fraction of sp³-hybridized carbons (Fsp3) is 0.250. The van der Waals surface area contributed by atoms with Gasteiger partial charge in [-0.1, -0.05) is 41.6 Å². The Hall–Kier alpha value is -3.94. The smallest absolute Gasteiger partial charge is 0.254 e. The summed E-state index contributed by atoms with van der Waals surface area (Å²) in [7, 11) is 0. The number of likely N-dealkylation sites (tertiary alicyclic amines) is 1. The van der Waals surface area contributed by atoms with Gasteiger partial charge in [0.1, 0.15) is 6.04 Å². The lowest BCUT2D eigenvalue weighted by Crippen LogP contribution is -2.44. The Morgan fingerprint density at radius 2 is 1.97 bits per heavy atom. The first-order valence-electron chi connectivity index (χ1n) is 10.4. The molecule has 2 aromatic carbocycles. The lowest BCUT2D eigenvalue weighted by Gasteiger charge is -2.23. The Bertz CT molecular complexity index is 1110. The number of nitrogens with zero attached hydrogens (tertiary/aromatic N) is 2. The van der Waals surface area contributed by atoms with Crippen molar-refractivity contribution in [2.45, 2.75) is 31.4 Å². The van der Waals surface area contributed by atoms with Crippen LogP contribution in [0.4, 0.5) is 5.69 Å². The highest BCUT2D eigenvalue weighted by molar-refractivity contribution is 6.05. The van der Waals surface area contributed by atoms with Crippen molar-refractivity contribution in [3.63, 3.8) is 0 Å². The molecule has 8 heteroatoms. The molecule has 2 aliphatic rings. The first kappa shape index (κ1) is 21.3. The Morgan fingerprint density at radius 1 is 1.19 bits per heavy atom. The fourth-order valence-electron chi connectivity index (χ4n) is 4.14. The molecule has 0 bridgehead atoms. The highest BCUT2D eigenvalue weighted by Crippen LogP contribution is 2.39. The van der Waals surface area contributed by atoms with Crippen molar-refractivity contribution in [3.8, 4) is 0 Å². The van der Waals surface area contributed by atoms with Gasteiger partial charge in [0.05, 0.1) is 12.3 Å². The average molecular weight is 432 g/mol. The molecule has 0 aliphatic carbocycles. The van der Waals surface area contributed by atoms with Gasteiger partial charge in [0.15, 0.2) is 5.60 Å². The van der Waals surface area contributed by atoms with Gasteiger partial charge in [-0.25, -0.2) is 0 Å². The average Bonchev–Trinajstić information content (AvgIpc) is 3.38. The molecule has 1 saturated heterocycles. The second-order valence-corrected chi connectivity index (χ2v) is 7.98. The van der Waals surface area contributed by atoms with E-state index in [0.717, 1.165) is 5.56 Å². The second-order valence-electron chi connectivity index (χ2n) is 7.98. The molecule has 1 spiro atoms. The van der Waals surface area contributed by atoms with Crippen molar-refractivity contribution in [1.29, 1.82) is 0 Å². The first-order valence-corrected chi connectivity index (χ1v) is 10.4. The first-order chi connectivity index (χ1) is 15.4. The highest BCUT2D eigenvalue weighted by atomic mass is 16.7. The van der Waals surface area contributed by atoms with E-state index in [1.807, 2.05) is 24.3 Å². The second kappa shape index (κ2) is 8.66. The van der Waals surface area contributed by atoms with Gasteiger partial charge in [-0.2, -0.15) is 0 Å². The van der Waals surface area contributed by atoms with E-state index < -0.39 is 17.6 Å². The van der Waals surface area contributed by atoms with Crippen LogP contribution in [0.5, 0.6) is 0 Å². The van der Waals surface area contributed by atoms with Gasteiger partial charge >= 0.3 is 0 Å². The van der Waals surface area contributed by atoms with Crippen LogP contribution in [0.2, 0.25) is 0 Å². The lowest BCUT2D eigenvalue weighted by atomic mass is 9.91. The number of rotatable bonds is 5. The number of allylic oxidation sites excluding steroid dienone is 1. The molecule has 2 aliphatic heterocycles. The molecule has 2 aromatic rings. The van der Waals surface area contributed by atoms with E-state index in [1.165, 1.54) is 11.0 Å². The van der Waals surface area contributed by atoms with Crippen molar-refractivity contribution < 1.29 is 19.2 Å². The minimum Gasteiger partial charge on any atom is -0.387 e. The molecule has 2 heterocycles. The monoisotopic (exact) mass is 432 g/mol. The predicted octanol–water partition coefficient (Wildman–Crippen LogP) is 2.46. The molecule has 3 N–H and O–H groups in total. The summed E-state index contributed by atoms with van der Waals surface area (Å²) >= 11 is 0. The van der Waals surface area contributed by atoms with Gasteiger partial charge in [0, 0.05) is 29.7 Å². The number of carbonyl (C=O) groups excluding carboxylic acids is 3. The van der Waals surface area contributed by atoms with Crippen molar-refractivity contribution in [3.05, 3.63) is 77.9 Å². The lowest BCUT2D eigenvalue weighted by molar-refractivity contribution is -0.121. The maximum Gasteiger partial charge on any atom is 0.254 e. The Kier molecular flexibility index (Phi) is 5.77. The summed E-state index contributed by atoms with van der Waals surface area (Å²) in [4.78, 5) is 44.3. The minimum absolute atomic E-state index is 0.207. The molecule has 0 saturated carbocycles. The summed E-state index contributed by atoms with van der Waals surface area (Å²) in [5.41, 5.74) is 7.41. The van der Waals surface area contributed by atoms with E-state index in [0.29, 0.717) is 23.4 Å². The van der Waals surface area contributed by atoms with Gasteiger partial charge in [-0.05, 0) is 37.3 Å². The van der Waals surface area contributed by atoms with Crippen LogP contribution in [0.3, 0.4) is 0 Å². The molecular weight excluding hydrogens is 408 g/mol. The molecule has 0 aromatic heterocycles. The molecule has 32 heavy (non-hydrogen) atoms. The summed E-state index contributed by atoms with van der Waals surface area (Å²) in [5, 5.41) is 7.05. The van der Waals surface area contributed by atoms with Crippen LogP contribution in [-0.2, 0) is 14.4 Å². The van der Waals surface area contributed by atoms with E-state index in [9.17, 15) is 14.4 Å². The number of hydrogen-bond acceptors (Lipinski definition) is 5. The zero-order valence-corrected chi connectivity index (χ0v) is 17.7. The molecule has 164 valence electrons. The number of nitrogens with two attached hydrogens (primary N) is 1. The van der Waals surface area contributed by atoms with E-state index in [4.69, 9.17) is 10.6 Å². The van der Waals surface area contributed by atoms with Crippen molar-refractivity contribution in [1.82, 2.24) is 4.90 Å². The molecular formula is C24H24N4O4. The summed E-state index contributed by atoms with van der Waals surface area (Å²) in [6.07, 6.45) is 3.79. The molecule has 4 rings (SSSR count). The van der Waals surface area contributed by atoms with Gasteiger partial charge in [-0.3, -0.25) is 14.4 Å². The summed E-state index contributed by atoms with van der Waals surface area (Å²) < 4.78 is 0. The quantitative estimate of drug-likeness (QED) is 0.707. The number of nitrogens with one attached hydrogen (secondary N) is 1. The van der Waals surface area contributed by atoms with E-state index in [-0.39, 0.29) is 24.8 Å². The molecule has 1 unspecified atom stereocenters. The largest absolute Gasteiger partial charge is 0.387 e. The van der Waals surface area contributed by atoms with Crippen molar-refractivity contribution >= 4 is 29.1 Å². The number of oxime groups is 1. The number of carbonyl (C=O) groups is 3. The fourth-order valence-corrected chi connectivity index (χ4v) is 4.14. The molecule has 1 fully saturated rings. The Labute approximate surface area is 185 Å². The standard InChI is InChI=1S/C24H24N4O4/c1-2-7-21(29)26-18-11-6-10-17(12-18)19-13-24(32-27-19)14-20(22(25)30)28(15-24)23(31)16-8-4-3-5-9-16/h2-12,20H,13-15H2,1H3,(H2,25,30)(H,26,29)/b7-2-/t20-,24?/m0/s1. The van der Waals surface area contributed by atoms with Crippen molar-refractivity contribution in [2.24, 2.45) is 10.9 Å². The van der Waals surface area contributed by atoms with Crippen LogP contribution in [0, 0.1) is 0 Å². The molecule has 3 amide bonds. The third-order valence-electron chi connectivity index (χ3n) is 5.63. The van der Waals surface area contributed by atoms with Crippen LogP contribution < -0.4 is 11.1 Å².